The van der Waals surface area contributed by atoms with Gasteiger partial charge < -0.3 is 4.74 Å². The van der Waals surface area contributed by atoms with Gasteiger partial charge in [-0.3, -0.25) is 9.00 Å². The van der Waals surface area contributed by atoms with Crippen molar-refractivity contribution in [1.29, 1.82) is 0 Å². The second-order valence-electron chi connectivity index (χ2n) is 2.83. The van der Waals surface area contributed by atoms with E-state index in [2.05, 4.69) is 20.7 Å². The summed E-state index contributed by atoms with van der Waals surface area (Å²) in [5.74, 6) is -0.0401. The van der Waals surface area contributed by atoms with Crippen LogP contribution in [0.3, 0.4) is 0 Å². The predicted molar refractivity (Wildman–Crippen MR) is 62.1 cm³/mol. The maximum absolute atomic E-state index is 11.7. The molecule has 0 bridgehead atoms. The molecule has 0 radical (unpaired) electrons. The minimum atomic E-state index is -1.15. The Morgan fingerprint density at radius 2 is 2.27 bits per heavy atom. The van der Waals surface area contributed by atoms with Gasteiger partial charge in [-0.15, -0.1) is 0 Å². The van der Waals surface area contributed by atoms with Gasteiger partial charge in [0.2, 0.25) is 0 Å². The summed E-state index contributed by atoms with van der Waals surface area (Å²) in [6.07, 6.45) is 0.176. The van der Waals surface area contributed by atoms with Crippen molar-refractivity contribution in [2.24, 2.45) is 0 Å². The van der Waals surface area contributed by atoms with Gasteiger partial charge in [-0.25, -0.2) is 0 Å². The average molecular weight is 291 g/mol. The van der Waals surface area contributed by atoms with E-state index in [-0.39, 0.29) is 12.4 Å². The minimum Gasteiger partial charge on any atom is -0.469 e. The van der Waals surface area contributed by atoms with Crippen molar-refractivity contribution in [3.8, 4) is 0 Å². The normalized spacial score (nSPS) is 12.1. The Morgan fingerprint density at radius 1 is 1.53 bits per heavy atom. The lowest BCUT2D eigenvalue weighted by Gasteiger charge is -2.01. The summed E-state index contributed by atoms with van der Waals surface area (Å²) in [5, 5.41) is 0. The lowest BCUT2D eigenvalue weighted by molar-refractivity contribution is -0.140. The fourth-order valence-electron chi connectivity index (χ4n) is 1.00. The van der Waals surface area contributed by atoms with Crippen LogP contribution < -0.4 is 0 Å². The lowest BCUT2D eigenvalue weighted by atomic mass is 10.4. The molecule has 0 aromatic heterocycles. The number of esters is 1. The number of ether oxygens (including phenoxy) is 1. The zero-order valence-corrected chi connectivity index (χ0v) is 10.6. The van der Waals surface area contributed by atoms with Crippen LogP contribution in [0.2, 0.25) is 0 Å². The van der Waals surface area contributed by atoms with E-state index in [1.165, 1.54) is 7.11 Å². The average Bonchev–Trinajstić information content (AvgIpc) is 2.25. The molecule has 0 fully saturated rings. The highest BCUT2D eigenvalue weighted by atomic mass is 79.9. The van der Waals surface area contributed by atoms with E-state index in [1.807, 2.05) is 12.1 Å². The van der Waals surface area contributed by atoms with Gasteiger partial charge >= 0.3 is 5.97 Å². The molecule has 15 heavy (non-hydrogen) atoms. The first-order valence-corrected chi connectivity index (χ1v) is 6.45. The van der Waals surface area contributed by atoms with Crippen LogP contribution in [0, 0.1) is 0 Å². The number of halogens is 1. The molecule has 0 amide bonds. The second kappa shape index (κ2) is 6.02. The SMILES string of the molecule is COC(=O)CCS(=O)c1cccc(Br)c1. The zero-order chi connectivity index (χ0) is 11.3. The number of hydrogen-bond donors (Lipinski definition) is 0. The third-order valence-corrected chi connectivity index (χ3v) is 3.63. The Kier molecular flexibility index (Phi) is 4.98. The maximum atomic E-state index is 11.7. The number of carbonyl (C=O) groups is 1. The first kappa shape index (κ1) is 12.4. The summed E-state index contributed by atoms with van der Waals surface area (Å²) < 4.78 is 17.1. The van der Waals surface area contributed by atoms with Gasteiger partial charge in [-0.2, -0.15) is 0 Å². The fraction of sp³-hybridized carbons (Fsp3) is 0.300. The first-order chi connectivity index (χ1) is 7.13. The minimum absolute atomic E-state index is 0.176. The quantitative estimate of drug-likeness (QED) is 0.798. The third-order valence-electron chi connectivity index (χ3n) is 1.78. The molecule has 0 aliphatic heterocycles. The largest absolute Gasteiger partial charge is 0.469 e. The molecule has 0 saturated carbocycles. The number of benzene rings is 1. The monoisotopic (exact) mass is 290 g/mol. The topological polar surface area (TPSA) is 43.4 Å². The summed E-state index contributed by atoms with van der Waals surface area (Å²) in [6.45, 7) is 0. The molecule has 5 heteroatoms. The van der Waals surface area contributed by atoms with Gasteiger partial charge in [-0.05, 0) is 18.2 Å². The Bertz CT molecular complexity index is 379. The van der Waals surface area contributed by atoms with E-state index in [9.17, 15) is 9.00 Å². The highest BCUT2D eigenvalue weighted by Gasteiger charge is 2.07. The van der Waals surface area contributed by atoms with Crippen LogP contribution in [0.25, 0.3) is 0 Å². The van der Waals surface area contributed by atoms with Crippen LogP contribution in [0.5, 0.6) is 0 Å². The molecule has 1 unspecified atom stereocenters. The summed E-state index contributed by atoms with van der Waals surface area (Å²) >= 11 is 3.30. The van der Waals surface area contributed by atoms with E-state index in [0.717, 1.165) is 4.47 Å². The van der Waals surface area contributed by atoms with Crippen LogP contribution in [0.4, 0.5) is 0 Å². The summed E-state index contributed by atoms with van der Waals surface area (Å²) in [7, 11) is 0.177. The molecule has 3 nitrogen and oxygen atoms in total. The molecular weight excluding hydrogens is 280 g/mol. The number of methoxy groups -OCH3 is 1. The van der Waals surface area contributed by atoms with E-state index in [0.29, 0.717) is 10.6 Å². The molecule has 1 atom stereocenters. The second-order valence-corrected chi connectivity index (χ2v) is 5.32. The molecule has 0 aliphatic rings. The molecule has 82 valence electrons. The van der Waals surface area contributed by atoms with Crippen molar-refractivity contribution in [3.05, 3.63) is 28.7 Å². The number of carbonyl (C=O) groups excluding carboxylic acids is 1. The van der Waals surface area contributed by atoms with Gasteiger partial charge in [0.15, 0.2) is 0 Å². The Morgan fingerprint density at radius 3 is 2.87 bits per heavy atom. The molecule has 1 aromatic rings. The molecule has 1 rings (SSSR count). The van der Waals surface area contributed by atoms with Crippen LogP contribution in [0.1, 0.15) is 6.42 Å². The first-order valence-electron chi connectivity index (χ1n) is 4.34. The highest BCUT2D eigenvalue weighted by molar-refractivity contribution is 9.10. The summed E-state index contributed by atoms with van der Waals surface area (Å²) in [5.41, 5.74) is 0. The van der Waals surface area contributed by atoms with E-state index < -0.39 is 10.8 Å². The molecule has 0 spiro atoms. The summed E-state index contributed by atoms with van der Waals surface area (Å²) in [4.78, 5) is 11.6. The van der Waals surface area contributed by atoms with Crippen molar-refractivity contribution in [2.45, 2.75) is 11.3 Å². The molecule has 0 N–H and O–H groups in total. The molecular formula is C10H11BrO3S. The zero-order valence-electron chi connectivity index (χ0n) is 8.23. The van der Waals surface area contributed by atoms with Crippen LogP contribution in [-0.2, 0) is 20.3 Å². The fourth-order valence-corrected chi connectivity index (χ4v) is 2.63. The van der Waals surface area contributed by atoms with Crippen molar-refractivity contribution < 1.29 is 13.7 Å². The predicted octanol–water partition coefficient (Wildman–Crippen LogP) is 2.12. The van der Waals surface area contributed by atoms with Crippen LogP contribution in [0.15, 0.2) is 33.6 Å². The molecule has 0 heterocycles. The van der Waals surface area contributed by atoms with Crippen molar-refractivity contribution >= 4 is 32.7 Å². The standard InChI is InChI=1S/C10H11BrO3S/c1-14-10(12)5-6-15(13)9-4-2-3-8(11)7-9/h2-4,7H,5-6H2,1H3. The smallest absolute Gasteiger partial charge is 0.306 e. The molecule has 0 saturated heterocycles. The van der Waals surface area contributed by atoms with Crippen LogP contribution >= 0.6 is 15.9 Å². The van der Waals surface area contributed by atoms with Gasteiger partial charge in [0.25, 0.3) is 0 Å². The van der Waals surface area contributed by atoms with E-state index >= 15 is 0 Å². The summed E-state index contributed by atoms with van der Waals surface area (Å²) in [6, 6.07) is 7.24. The van der Waals surface area contributed by atoms with Crippen molar-refractivity contribution in [2.75, 3.05) is 12.9 Å². The van der Waals surface area contributed by atoms with Gasteiger partial charge in [0.05, 0.1) is 24.3 Å². The number of rotatable bonds is 4. The van der Waals surface area contributed by atoms with Crippen molar-refractivity contribution in [1.82, 2.24) is 0 Å². The van der Waals surface area contributed by atoms with Gasteiger partial charge in [0, 0.05) is 15.1 Å². The molecule has 1 aromatic carbocycles. The molecule has 0 aliphatic carbocycles. The van der Waals surface area contributed by atoms with Gasteiger partial charge in [0.1, 0.15) is 0 Å². The van der Waals surface area contributed by atoms with Crippen LogP contribution in [-0.4, -0.2) is 23.0 Å². The van der Waals surface area contributed by atoms with Crippen molar-refractivity contribution in [3.63, 3.8) is 0 Å². The van der Waals surface area contributed by atoms with Gasteiger partial charge in [-0.1, -0.05) is 22.0 Å². The maximum Gasteiger partial charge on any atom is 0.306 e. The Labute approximate surface area is 99.4 Å². The third kappa shape index (κ3) is 4.13. The lowest BCUT2D eigenvalue weighted by Crippen LogP contribution is -2.07. The highest BCUT2D eigenvalue weighted by Crippen LogP contribution is 2.15. The Balaban J connectivity index is 2.58. The van der Waals surface area contributed by atoms with E-state index in [4.69, 9.17) is 0 Å². The van der Waals surface area contributed by atoms with E-state index in [1.54, 1.807) is 12.1 Å². The Hall–Kier alpha value is -0.680. The number of hydrogen-bond acceptors (Lipinski definition) is 3.